The molecular weight excluding hydrogens is 215 g/mol. The van der Waals surface area contributed by atoms with E-state index in [1.165, 1.54) is 0 Å². The fourth-order valence-corrected chi connectivity index (χ4v) is 1.16. The Morgan fingerprint density at radius 1 is 1.54 bits per heavy atom. The predicted octanol–water partition coefficient (Wildman–Crippen LogP) is 2.38. The maximum atomic E-state index is 10.9. The molecule has 0 N–H and O–H groups in total. The van der Waals surface area contributed by atoms with Gasteiger partial charge in [0, 0.05) is 0 Å². The molecule has 0 aromatic heterocycles. The van der Waals surface area contributed by atoms with Gasteiger partial charge in [-0.05, 0) is 6.42 Å². The monoisotopic (exact) mass is 224 g/mol. The molecule has 1 atom stereocenters. The minimum atomic E-state index is -0.798. The number of unbranched alkanes of at least 4 members (excludes halogenated alkanes) is 1. The van der Waals surface area contributed by atoms with Crippen molar-refractivity contribution in [3.63, 3.8) is 0 Å². The van der Waals surface area contributed by atoms with E-state index in [0.29, 0.717) is 6.61 Å². The Bertz CT molecular complexity index is 238. The summed E-state index contributed by atoms with van der Waals surface area (Å²) in [5, 5.41) is 0.0611. The van der Waals surface area contributed by atoms with Crippen molar-refractivity contribution < 1.29 is 14.3 Å². The molecule has 0 spiro atoms. The van der Waals surface area contributed by atoms with E-state index in [1.54, 1.807) is 0 Å². The summed E-state index contributed by atoms with van der Waals surface area (Å²) in [6, 6.07) is 0. The molecule has 1 aliphatic rings. The molecule has 0 saturated heterocycles. The van der Waals surface area contributed by atoms with Crippen LogP contribution in [0.25, 0.3) is 0 Å². The number of hydrogen-bond donors (Lipinski definition) is 0. The van der Waals surface area contributed by atoms with Crippen LogP contribution in [0.5, 0.6) is 0 Å². The van der Waals surface area contributed by atoms with Gasteiger partial charge in [0.05, 0.1) is 6.61 Å². The average molecular weight is 225 g/mol. The van der Waals surface area contributed by atoms with Crippen molar-refractivity contribution >= 4 is 29.2 Å². The molecular formula is C8H10Cl2O3. The highest BCUT2D eigenvalue weighted by Gasteiger charge is 2.32. The Balaban J connectivity index is 2.42. The Kier molecular flexibility index (Phi) is 4.03. The molecule has 13 heavy (non-hydrogen) atoms. The lowest BCUT2D eigenvalue weighted by molar-refractivity contribution is -0.158. The maximum Gasteiger partial charge on any atom is 0.353 e. The fourth-order valence-electron chi connectivity index (χ4n) is 0.844. The van der Waals surface area contributed by atoms with Gasteiger partial charge in [-0.3, -0.25) is 0 Å². The average Bonchev–Trinajstić information content (AvgIpc) is 2.34. The van der Waals surface area contributed by atoms with Crippen LogP contribution in [0.2, 0.25) is 0 Å². The SMILES string of the molecule is CCCCOC1OC(=O)C(Cl)=C1Cl. The molecule has 1 aliphatic heterocycles. The smallest absolute Gasteiger partial charge is 0.353 e. The quantitative estimate of drug-likeness (QED) is 0.544. The highest BCUT2D eigenvalue weighted by Crippen LogP contribution is 2.29. The van der Waals surface area contributed by atoms with Crippen molar-refractivity contribution in [2.45, 2.75) is 26.1 Å². The zero-order valence-corrected chi connectivity index (χ0v) is 8.69. The summed E-state index contributed by atoms with van der Waals surface area (Å²) in [6.07, 6.45) is 1.11. The molecule has 0 aliphatic carbocycles. The third-order valence-electron chi connectivity index (χ3n) is 1.58. The van der Waals surface area contributed by atoms with Crippen molar-refractivity contribution in [3.8, 4) is 0 Å². The minimum Gasteiger partial charge on any atom is -0.426 e. The molecule has 5 heteroatoms. The van der Waals surface area contributed by atoms with Gasteiger partial charge in [0.15, 0.2) is 0 Å². The van der Waals surface area contributed by atoms with Crippen LogP contribution in [-0.4, -0.2) is 18.9 Å². The maximum absolute atomic E-state index is 10.9. The van der Waals surface area contributed by atoms with E-state index in [0.717, 1.165) is 12.8 Å². The Morgan fingerprint density at radius 3 is 2.69 bits per heavy atom. The van der Waals surface area contributed by atoms with Crippen LogP contribution in [0, 0.1) is 0 Å². The van der Waals surface area contributed by atoms with Crippen LogP contribution in [0.4, 0.5) is 0 Å². The van der Waals surface area contributed by atoms with E-state index in [9.17, 15) is 4.79 Å². The molecule has 0 bridgehead atoms. The van der Waals surface area contributed by atoms with Crippen LogP contribution < -0.4 is 0 Å². The molecule has 3 nitrogen and oxygen atoms in total. The summed E-state index contributed by atoms with van der Waals surface area (Å²) in [7, 11) is 0. The van der Waals surface area contributed by atoms with Crippen LogP contribution in [-0.2, 0) is 14.3 Å². The summed E-state index contributed by atoms with van der Waals surface area (Å²) in [5.41, 5.74) is 0. The van der Waals surface area contributed by atoms with Gasteiger partial charge in [-0.15, -0.1) is 0 Å². The van der Waals surface area contributed by atoms with Gasteiger partial charge in [0.1, 0.15) is 10.1 Å². The first kappa shape index (κ1) is 10.8. The van der Waals surface area contributed by atoms with E-state index in [1.807, 2.05) is 6.92 Å². The van der Waals surface area contributed by atoms with Crippen molar-refractivity contribution in [2.75, 3.05) is 6.61 Å². The summed E-state index contributed by atoms with van der Waals surface area (Å²) < 4.78 is 9.91. The third kappa shape index (κ3) is 2.59. The van der Waals surface area contributed by atoms with E-state index in [2.05, 4.69) is 0 Å². The summed E-state index contributed by atoms with van der Waals surface area (Å²) in [5.74, 6) is -0.617. The molecule has 1 rings (SSSR count). The standard InChI is InChI=1S/C8H10Cl2O3/c1-2-3-4-12-8-6(10)5(9)7(11)13-8/h8H,2-4H2,1H3. The first-order valence-corrected chi connectivity index (χ1v) is 4.80. The molecule has 0 amide bonds. The zero-order valence-electron chi connectivity index (χ0n) is 7.18. The number of hydrogen-bond acceptors (Lipinski definition) is 3. The van der Waals surface area contributed by atoms with E-state index in [-0.39, 0.29) is 10.1 Å². The number of rotatable bonds is 4. The highest BCUT2D eigenvalue weighted by atomic mass is 35.5. The first-order valence-electron chi connectivity index (χ1n) is 4.04. The van der Waals surface area contributed by atoms with Gasteiger partial charge < -0.3 is 9.47 Å². The Morgan fingerprint density at radius 2 is 2.23 bits per heavy atom. The molecule has 1 unspecified atom stereocenters. The second kappa shape index (κ2) is 4.84. The van der Waals surface area contributed by atoms with Crippen molar-refractivity contribution in [3.05, 3.63) is 10.1 Å². The summed E-state index contributed by atoms with van der Waals surface area (Å²) in [4.78, 5) is 10.9. The minimum absolute atomic E-state index is 0.0804. The number of halogens is 2. The van der Waals surface area contributed by atoms with Crippen LogP contribution >= 0.6 is 23.2 Å². The normalized spacial score (nSPS) is 22.4. The summed E-state index contributed by atoms with van der Waals surface area (Å²) in [6.45, 7) is 2.54. The zero-order chi connectivity index (χ0) is 9.84. The predicted molar refractivity (Wildman–Crippen MR) is 49.5 cm³/mol. The topological polar surface area (TPSA) is 35.5 Å². The molecule has 74 valence electrons. The molecule has 1 heterocycles. The lowest BCUT2D eigenvalue weighted by atomic mass is 10.4. The van der Waals surface area contributed by atoms with Crippen molar-refractivity contribution in [2.24, 2.45) is 0 Å². The van der Waals surface area contributed by atoms with E-state index < -0.39 is 12.3 Å². The number of esters is 1. The van der Waals surface area contributed by atoms with Gasteiger partial charge in [-0.1, -0.05) is 36.5 Å². The van der Waals surface area contributed by atoms with E-state index in [4.69, 9.17) is 32.7 Å². The highest BCUT2D eigenvalue weighted by molar-refractivity contribution is 6.48. The van der Waals surface area contributed by atoms with Gasteiger partial charge in [0.2, 0.25) is 6.29 Å². The molecule has 0 radical (unpaired) electrons. The van der Waals surface area contributed by atoms with Gasteiger partial charge in [-0.25, -0.2) is 4.79 Å². The molecule has 0 saturated carbocycles. The second-order valence-electron chi connectivity index (χ2n) is 2.62. The number of cyclic esters (lactones) is 1. The van der Waals surface area contributed by atoms with Crippen molar-refractivity contribution in [1.29, 1.82) is 0 Å². The molecule has 0 fully saturated rings. The fraction of sp³-hybridized carbons (Fsp3) is 0.625. The molecule has 0 aromatic carbocycles. The first-order chi connectivity index (χ1) is 6.16. The second-order valence-corrected chi connectivity index (χ2v) is 3.41. The van der Waals surface area contributed by atoms with Gasteiger partial charge in [-0.2, -0.15) is 0 Å². The van der Waals surface area contributed by atoms with Crippen LogP contribution in [0.15, 0.2) is 10.1 Å². The molecule has 0 aromatic rings. The summed E-state index contributed by atoms with van der Waals surface area (Å²) >= 11 is 11.2. The Labute approximate surface area is 86.6 Å². The lowest BCUT2D eigenvalue weighted by Crippen LogP contribution is -2.15. The number of carbonyl (C=O) groups is 1. The van der Waals surface area contributed by atoms with Crippen molar-refractivity contribution in [1.82, 2.24) is 0 Å². The van der Waals surface area contributed by atoms with E-state index >= 15 is 0 Å². The van der Waals surface area contributed by atoms with Gasteiger partial charge >= 0.3 is 5.97 Å². The lowest BCUT2D eigenvalue weighted by Gasteiger charge is -2.10. The third-order valence-corrected chi connectivity index (χ3v) is 2.40. The van der Waals surface area contributed by atoms with Crippen LogP contribution in [0.3, 0.4) is 0 Å². The largest absolute Gasteiger partial charge is 0.426 e. The van der Waals surface area contributed by atoms with Gasteiger partial charge in [0.25, 0.3) is 0 Å². The number of ether oxygens (including phenoxy) is 2. The number of carbonyl (C=O) groups excluding carboxylic acids is 1. The Hall–Kier alpha value is -0.250. The van der Waals surface area contributed by atoms with Crippen LogP contribution in [0.1, 0.15) is 19.8 Å².